The van der Waals surface area contributed by atoms with Gasteiger partial charge in [0.15, 0.2) is 0 Å². The van der Waals surface area contributed by atoms with E-state index in [0.717, 1.165) is 12.8 Å². The molecule has 2 rings (SSSR count). The average Bonchev–Trinajstić information content (AvgIpc) is 2.85. The van der Waals surface area contributed by atoms with Gasteiger partial charge in [-0.1, -0.05) is 44.2 Å². The molecule has 1 aliphatic rings. The maximum atomic E-state index is 12.4. The zero-order valence-electron chi connectivity index (χ0n) is 14.8. The minimum Gasteiger partial charge on any atom is -0.341 e. The van der Waals surface area contributed by atoms with Crippen molar-refractivity contribution in [2.24, 2.45) is 11.7 Å². The van der Waals surface area contributed by atoms with Crippen LogP contribution in [0.5, 0.6) is 0 Å². The van der Waals surface area contributed by atoms with Crippen molar-refractivity contribution in [1.29, 1.82) is 0 Å². The predicted molar refractivity (Wildman–Crippen MR) is 95.4 cm³/mol. The normalized spacial score (nSPS) is 16.8. The van der Waals surface area contributed by atoms with Crippen molar-refractivity contribution in [2.75, 3.05) is 26.2 Å². The van der Waals surface area contributed by atoms with E-state index in [1.165, 1.54) is 5.56 Å². The van der Waals surface area contributed by atoms with Crippen LogP contribution in [0.1, 0.15) is 32.3 Å². The number of aryl methyl sites for hydroxylation is 1. The maximum Gasteiger partial charge on any atom is 0.239 e. The molecule has 0 saturated carbocycles. The van der Waals surface area contributed by atoms with Gasteiger partial charge in [0.25, 0.3) is 0 Å². The second kappa shape index (κ2) is 8.83. The first-order valence-electron chi connectivity index (χ1n) is 8.85. The molecule has 0 radical (unpaired) electrons. The molecule has 2 amide bonds. The fourth-order valence-corrected chi connectivity index (χ4v) is 2.94. The lowest BCUT2D eigenvalue weighted by Gasteiger charge is -2.26. The lowest BCUT2D eigenvalue weighted by Crippen LogP contribution is -2.47. The Balaban J connectivity index is 1.84. The van der Waals surface area contributed by atoms with Gasteiger partial charge in [-0.15, -0.1) is 0 Å². The van der Waals surface area contributed by atoms with Gasteiger partial charge in [-0.05, 0) is 24.3 Å². The highest BCUT2D eigenvalue weighted by molar-refractivity contribution is 5.82. The molecule has 1 aromatic carbocycles. The second-order valence-electron chi connectivity index (χ2n) is 6.82. The summed E-state index contributed by atoms with van der Waals surface area (Å²) in [5, 5.41) is 0. The molecule has 0 spiro atoms. The molecule has 1 atom stereocenters. The Bertz CT molecular complexity index is 545. The largest absolute Gasteiger partial charge is 0.341 e. The summed E-state index contributed by atoms with van der Waals surface area (Å²) in [6.45, 7) is 6.50. The van der Waals surface area contributed by atoms with E-state index >= 15 is 0 Å². The van der Waals surface area contributed by atoms with Crippen molar-refractivity contribution in [2.45, 2.75) is 39.2 Å². The lowest BCUT2D eigenvalue weighted by atomic mass is 10.0. The Morgan fingerprint density at radius 3 is 2.33 bits per heavy atom. The summed E-state index contributed by atoms with van der Waals surface area (Å²) in [4.78, 5) is 28.5. The lowest BCUT2D eigenvalue weighted by molar-refractivity contribution is -0.135. The maximum absolute atomic E-state index is 12.4. The predicted octanol–water partition coefficient (Wildman–Crippen LogP) is 1.66. The highest BCUT2D eigenvalue weighted by atomic mass is 16.2. The van der Waals surface area contributed by atoms with E-state index in [-0.39, 0.29) is 17.7 Å². The van der Waals surface area contributed by atoms with Crippen molar-refractivity contribution in [3.63, 3.8) is 0 Å². The summed E-state index contributed by atoms with van der Waals surface area (Å²) in [5.74, 6) is 0.300. The van der Waals surface area contributed by atoms with Gasteiger partial charge >= 0.3 is 0 Å². The molecular formula is C19H29N3O2. The van der Waals surface area contributed by atoms with E-state index in [1.807, 2.05) is 54.0 Å². The topological polar surface area (TPSA) is 66.6 Å². The Labute approximate surface area is 144 Å². The van der Waals surface area contributed by atoms with Crippen LogP contribution in [0.15, 0.2) is 30.3 Å². The molecule has 2 N–H and O–H groups in total. The second-order valence-corrected chi connectivity index (χ2v) is 6.82. The van der Waals surface area contributed by atoms with Crippen LogP contribution in [0.4, 0.5) is 0 Å². The van der Waals surface area contributed by atoms with Gasteiger partial charge in [0.1, 0.15) is 0 Å². The van der Waals surface area contributed by atoms with E-state index in [0.29, 0.717) is 32.6 Å². The highest BCUT2D eigenvalue weighted by Crippen LogP contribution is 2.11. The van der Waals surface area contributed by atoms with Gasteiger partial charge < -0.3 is 15.5 Å². The van der Waals surface area contributed by atoms with Gasteiger partial charge in [-0.2, -0.15) is 0 Å². The fourth-order valence-electron chi connectivity index (χ4n) is 2.94. The molecule has 5 nitrogen and oxygen atoms in total. The van der Waals surface area contributed by atoms with E-state index in [4.69, 9.17) is 5.73 Å². The molecule has 0 unspecified atom stereocenters. The Morgan fingerprint density at radius 1 is 1.04 bits per heavy atom. The van der Waals surface area contributed by atoms with Crippen LogP contribution in [0.3, 0.4) is 0 Å². The molecule has 1 aliphatic heterocycles. The van der Waals surface area contributed by atoms with E-state index in [2.05, 4.69) is 0 Å². The zero-order valence-corrected chi connectivity index (χ0v) is 14.8. The quantitative estimate of drug-likeness (QED) is 0.892. The third-order valence-corrected chi connectivity index (χ3v) is 4.63. The van der Waals surface area contributed by atoms with Crippen LogP contribution in [0.2, 0.25) is 0 Å². The number of carbonyl (C=O) groups is 2. The number of nitrogens with zero attached hydrogens (tertiary/aromatic N) is 2. The monoisotopic (exact) mass is 331 g/mol. The van der Waals surface area contributed by atoms with Gasteiger partial charge in [0.2, 0.25) is 11.8 Å². The van der Waals surface area contributed by atoms with E-state index < -0.39 is 6.04 Å². The van der Waals surface area contributed by atoms with Crippen LogP contribution in [0, 0.1) is 5.92 Å². The molecule has 132 valence electrons. The summed E-state index contributed by atoms with van der Waals surface area (Å²) in [5.41, 5.74) is 7.16. The average molecular weight is 331 g/mol. The number of amides is 2. The molecule has 1 aromatic rings. The molecule has 0 aliphatic carbocycles. The van der Waals surface area contributed by atoms with E-state index in [1.54, 1.807) is 0 Å². The molecule has 1 saturated heterocycles. The van der Waals surface area contributed by atoms with Gasteiger partial charge in [-0.25, -0.2) is 0 Å². The Kier molecular flexibility index (Phi) is 6.79. The molecular weight excluding hydrogens is 302 g/mol. The highest BCUT2D eigenvalue weighted by Gasteiger charge is 2.26. The zero-order chi connectivity index (χ0) is 17.5. The van der Waals surface area contributed by atoms with Crippen molar-refractivity contribution in [1.82, 2.24) is 9.80 Å². The number of hydrogen-bond donors (Lipinski definition) is 1. The minimum absolute atomic E-state index is 0.00332. The summed E-state index contributed by atoms with van der Waals surface area (Å²) >= 11 is 0. The van der Waals surface area contributed by atoms with Gasteiger partial charge in [0.05, 0.1) is 6.04 Å². The van der Waals surface area contributed by atoms with Crippen molar-refractivity contribution in [3.05, 3.63) is 35.9 Å². The van der Waals surface area contributed by atoms with Crippen molar-refractivity contribution >= 4 is 11.8 Å². The number of benzene rings is 1. The van der Waals surface area contributed by atoms with Crippen LogP contribution in [-0.4, -0.2) is 53.8 Å². The molecule has 24 heavy (non-hydrogen) atoms. The van der Waals surface area contributed by atoms with Crippen LogP contribution >= 0.6 is 0 Å². The summed E-state index contributed by atoms with van der Waals surface area (Å²) in [7, 11) is 0. The van der Waals surface area contributed by atoms with Crippen LogP contribution in [-0.2, 0) is 16.0 Å². The van der Waals surface area contributed by atoms with Crippen LogP contribution in [0.25, 0.3) is 0 Å². The Morgan fingerprint density at radius 2 is 1.67 bits per heavy atom. The summed E-state index contributed by atoms with van der Waals surface area (Å²) in [6.07, 6.45) is 2.09. The third kappa shape index (κ3) is 5.06. The summed E-state index contributed by atoms with van der Waals surface area (Å²) < 4.78 is 0. The van der Waals surface area contributed by atoms with Crippen molar-refractivity contribution < 1.29 is 9.59 Å². The Hall–Kier alpha value is -1.88. The first-order chi connectivity index (χ1) is 11.5. The molecule has 0 bridgehead atoms. The van der Waals surface area contributed by atoms with Gasteiger partial charge in [-0.3, -0.25) is 9.59 Å². The smallest absolute Gasteiger partial charge is 0.239 e. The number of nitrogens with two attached hydrogens (primary N) is 1. The molecule has 0 aromatic heterocycles. The van der Waals surface area contributed by atoms with Crippen LogP contribution < -0.4 is 5.73 Å². The number of carbonyl (C=O) groups excluding carboxylic acids is 2. The SMILES string of the molecule is CC(C)[C@H](N)C(=O)N1CCCN(C(=O)CCc2ccccc2)CC1. The molecule has 5 heteroatoms. The minimum atomic E-state index is -0.453. The fraction of sp³-hybridized carbons (Fsp3) is 0.579. The summed E-state index contributed by atoms with van der Waals surface area (Å²) in [6, 6.07) is 9.60. The van der Waals surface area contributed by atoms with E-state index in [9.17, 15) is 9.59 Å². The molecule has 1 fully saturated rings. The number of hydrogen-bond acceptors (Lipinski definition) is 3. The first-order valence-corrected chi connectivity index (χ1v) is 8.85. The third-order valence-electron chi connectivity index (χ3n) is 4.63. The van der Waals surface area contributed by atoms with Gasteiger partial charge in [0, 0.05) is 32.6 Å². The first kappa shape index (κ1) is 18.5. The van der Waals surface area contributed by atoms with Crippen molar-refractivity contribution in [3.8, 4) is 0 Å². The number of rotatable bonds is 5. The standard InChI is InChI=1S/C19H29N3O2/c1-15(2)18(20)19(24)22-12-6-11-21(13-14-22)17(23)10-9-16-7-4-3-5-8-16/h3-5,7-8,15,18H,6,9-14,20H2,1-2H3/t18-/m0/s1. The molecule has 1 heterocycles.